The van der Waals surface area contributed by atoms with Crippen molar-refractivity contribution < 1.29 is 8.42 Å². The summed E-state index contributed by atoms with van der Waals surface area (Å²) in [5.74, 6) is 0.628. The molecule has 2 rings (SSSR count). The lowest BCUT2D eigenvalue weighted by Gasteiger charge is -2.25. The van der Waals surface area contributed by atoms with Crippen LogP contribution in [0.15, 0.2) is 58.3 Å². The summed E-state index contributed by atoms with van der Waals surface area (Å²) in [5.41, 5.74) is 0.630. The zero-order valence-corrected chi connectivity index (χ0v) is 15.7. The molecule has 0 saturated heterocycles. The lowest BCUT2D eigenvalue weighted by atomic mass is 10.1. The molecule has 2 aromatic carbocycles. The van der Waals surface area contributed by atoms with Gasteiger partial charge in [0.25, 0.3) is 0 Å². The van der Waals surface area contributed by atoms with Crippen molar-refractivity contribution in [2.75, 3.05) is 5.75 Å². The van der Waals surface area contributed by atoms with Crippen LogP contribution in [0, 0.1) is 6.92 Å². The molecule has 0 aliphatic carbocycles. The Bertz CT molecular complexity index is 754. The molecule has 0 saturated carbocycles. The van der Waals surface area contributed by atoms with Crippen LogP contribution in [0.2, 0.25) is 5.02 Å². The lowest BCUT2D eigenvalue weighted by molar-refractivity contribution is 0.498. The van der Waals surface area contributed by atoms with Gasteiger partial charge in [0.05, 0.1) is 4.90 Å². The Morgan fingerprint density at radius 1 is 1.04 bits per heavy atom. The lowest BCUT2D eigenvalue weighted by Crippen LogP contribution is -2.45. The largest absolute Gasteiger partial charge is 0.241 e. The van der Waals surface area contributed by atoms with Gasteiger partial charge in [0.2, 0.25) is 10.0 Å². The van der Waals surface area contributed by atoms with Gasteiger partial charge in [-0.1, -0.05) is 29.3 Å². The molecule has 0 radical (unpaired) electrons. The summed E-state index contributed by atoms with van der Waals surface area (Å²) in [4.78, 5) is 1.34. The van der Waals surface area contributed by atoms with Gasteiger partial charge in [-0.3, -0.25) is 0 Å². The predicted molar refractivity (Wildman–Crippen MR) is 97.8 cm³/mol. The first-order valence-electron chi connectivity index (χ1n) is 7.17. The van der Waals surface area contributed by atoms with E-state index in [9.17, 15) is 8.42 Å². The molecule has 2 aromatic rings. The average Bonchev–Trinajstić information content (AvgIpc) is 2.46. The quantitative estimate of drug-likeness (QED) is 0.762. The second-order valence-corrected chi connectivity index (χ2v) is 9.21. The van der Waals surface area contributed by atoms with Gasteiger partial charge in [-0.15, -0.1) is 11.8 Å². The van der Waals surface area contributed by atoms with Gasteiger partial charge in [-0.25, -0.2) is 13.1 Å². The Morgan fingerprint density at radius 3 is 2.17 bits per heavy atom. The molecule has 0 aromatic heterocycles. The van der Waals surface area contributed by atoms with Crippen molar-refractivity contribution in [1.29, 1.82) is 0 Å². The monoisotopic (exact) mass is 369 g/mol. The standard InChI is InChI=1S/C17H20ClNO2S2/c1-13-4-8-15(9-5-13)22-12-17(2,3)19-23(20,21)16-10-6-14(18)7-11-16/h4-11,19H,12H2,1-3H3. The molecule has 3 nitrogen and oxygen atoms in total. The van der Waals surface area contributed by atoms with Gasteiger partial charge in [-0.05, 0) is 57.2 Å². The molecule has 0 amide bonds. The molecule has 0 unspecified atom stereocenters. The summed E-state index contributed by atoms with van der Waals surface area (Å²) >= 11 is 7.43. The molecule has 0 fully saturated rings. The highest BCUT2D eigenvalue weighted by atomic mass is 35.5. The average molecular weight is 370 g/mol. The fourth-order valence-corrected chi connectivity index (χ4v) is 4.52. The third-order valence-corrected chi connectivity index (χ3v) is 6.59. The van der Waals surface area contributed by atoms with Crippen LogP contribution in [0.1, 0.15) is 19.4 Å². The van der Waals surface area contributed by atoms with Crippen LogP contribution in [-0.4, -0.2) is 19.7 Å². The minimum atomic E-state index is -3.57. The number of halogens is 1. The maximum atomic E-state index is 12.5. The summed E-state index contributed by atoms with van der Waals surface area (Å²) in [7, 11) is -3.57. The first kappa shape index (κ1) is 18.3. The van der Waals surface area contributed by atoms with Gasteiger partial charge in [0.15, 0.2) is 0 Å². The summed E-state index contributed by atoms with van der Waals surface area (Å²) in [6.07, 6.45) is 0. The molecule has 0 aliphatic heterocycles. The van der Waals surface area contributed by atoms with Gasteiger partial charge in [-0.2, -0.15) is 0 Å². The van der Waals surface area contributed by atoms with Crippen molar-refractivity contribution in [1.82, 2.24) is 4.72 Å². The van der Waals surface area contributed by atoms with Crippen molar-refractivity contribution in [3.05, 3.63) is 59.1 Å². The highest BCUT2D eigenvalue weighted by molar-refractivity contribution is 7.99. The van der Waals surface area contributed by atoms with Crippen LogP contribution in [-0.2, 0) is 10.0 Å². The van der Waals surface area contributed by atoms with Crippen LogP contribution >= 0.6 is 23.4 Å². The van der Waals surface area contributed by atoms with Crippen molar-refractivity contribution in [2.24, 2.45) is 0 Å². The van der Waals surface area contributed by atoms with E-state index in [4.69, 9.17) is 11.6 Å². The molecule has 124 valence electrons. The SMILES string of the molecule is Cc1ccc(SCC(C)(C)NS(=O)(=O)c2ccc(Cl)cc2)cc1. The zero-order valence-electron chi connectivity index (χ0n) is 13.3. The van der Waals surface area contributed by atoms with Crippen molar-refractivity contribution >= 4 is 33.4 Å². The van der Waals surface area contributed by atoms with Gasteiger partial charge >= 0.3 is 0 Å². The Kier molecular flexibility index (Phi) is 5.79. The molecule has 6 heteroatoms. The second kappa shape index (κ2) is 7.26. The Morgan fingerprint density at radius 2 is 1.61 bits per heavy atom. The number of hydrogen-bond donors (Lipinski definition) is 1. The highest BCUT2D eigenvalue weighted by Gasteiger charge is 2.26. The van der Waals surface area contributed by atoms with E-state index in [0.717, 1.165) is 4.90 Å². The number of rotatable bonds is 6. The van der Waals surface area contributed by atoms with E-state index in [0.29, 0.717) is 10.8 Å². The molecule has 23 heavy (non-hydrogen) atoms. The normalized spacial score (nSPS) is 12.3. The number of hydrogen-bond acceptors (Lipinski definition) is 3. The van der Waals surface area contributed by atoms with Crippen LogP contribution in [0.3, 0.4) is 0 Å². The molecule has 0 aliphatic rings. The molecule has 0 spiro atoms. The van der Waals surface area contributed by atoms with Gasteiger partial charge < -0.3 is 0 Å². The van der Waals surface area contributed by atoms with Gasteiger partial charge in [0.1, 0.15) is 0 Å². The third kappa shape index (κ3) is 5.53. The maximum Gasteiger partial charge on any atom is 0.241 e. The van der Waals surface area contributed by atoms with E-state index in [-0.39, 0.29) is 4.90 Å². The fraction of sp³-hybridized carbons (Fsp3) is 0.294. The summed E-state index contributed by atoms with van der Waals surface area (Å²) in [5, 5.41) is 0.512. The smallest absolute Gasteiger partial charge is 0.207 e. The number of nitrogens with one attached hydrogen (secondary N) is 1. The van der Waals surface area contributed by atoms with E-state index < -0.39 is 15.6 Å². The number of benzene rings is 2. The fourth-order valence-electron chi connectivity index (χ4n) is 1.96. The van der Waals surface area contributed by atoms with E-state index in [1.54, 1.807) is 23.9 Å². The molecule has 0 heterocycles. The van der Waals surface area contributed by atoms with E-state index in [1.807, 2.05) is 45.0 Å². The predicted octanol–water partition coefficient (Wildman–Crippen LogP) is 4.50. The van der Waals surface area contributed by atoms with Crippen LogP contribution < -0.4 is 4.72 Å². The van der Waals surface area contributed by atoms with Gasteiger partial charge in [0, 0.05) is 21.2 Å². The van der Waals surface area contributed by atoms with E-state index >= 15 is 0 Å². The van der Waals surface area contributed by atoms with Crippen LogP contribution in [0.25, 0.3) is 0 Å². The Labute approximate surface area is 147 Å². The maximum absolute atomic E-state index is 12.5. The number of aryl methyl sites for hydroxylation is 1. The van der Waals surface area contributed by atoms with Crippen molar-refractivity contribution in [2.45, 2.75) is 36.1 Å². The van der Waals surface area contributed by atoms with Crippen molar-refractivity contribution in [3.8, 4) is 0 Å². The second-order valence-electron chi connectivity index (χ2n) is 6.05. The summed E-state index contributed by atoms with van der Waals surface area (Å²) in [6.45, 7) is 5.79. The Balaban J connectivity index is 2.04. The summed E-state index contributed by atoms with van der Waals surface area (Å²) < 4.78 is 27.7. The summed E-state index contributed by atoms with van der Waals surface area (Å²) in [6, 6.07) is 14.4. The van der Waals surface area contributed by atoms with E-state index in [2.05, 4.69) is 4.72 Å². The number of sulfonamides is 1. The van der Waals surface area contributed by atoms with Crippen molar-refractivity contribution in [3.63, 3.8) is 0 Å². The topological polar surface area (TPSA) is 46.2 Å². The van der Waals surface area contributed by atoms with Crippen LogP contribution in [0.4, 0.5) is 0 Å². The minimum absolute atomic E-state index is 0.218. The zero-order chi connectivity index (χ0) is 17.1. The molecule has 1 N–H and O–H groups in total. The first-order chi connectivity index (χ1) is 10.7. The molecule has 0 atom stereocenters. The minimum Gasteiger partial charge on any atom is -0.207 e. The molecule has 0 bridgehead atoms. The Hall–Kier alpha value is -1.01. The first-order valence-corrected chi connectivity index (χ1v) is 10.0. The molecular weight excluding hydrogens is 350 g/mol. The third-order valence-electron chi connectivity index (χ3n) is 3.16. The highest BCUT2D eigenvalue weighted by Crippen LogP contribution is 2.24. The number of thioether (sulfide) groups is 1. The van der Waals surface area contributed by atoms with Crippen LogP contribution in [0.5, 0.6) is 0 Å². The molecular formula is C17H20ClNO2S2. The van der Waals surface area contributed by atoms with E-state index in [1.165, 1.54) is 17.7 Å².